The predicted molar refractivity (Wildman–Crippen MR) is 87.1 cm³/mol. The Morgan fingerprint density at radius 1 is 1.20 bits per heavy atom. The smallest absolute Gasteiger partial charge is 0.252 e. The summed E-state index contributed by atoms with van der Waals surface area (Å²) >= 11 is 5.13. The van der Waals surface area contributed by atoms with Crippen molar-refractivity contribution in [2.24, 2.45) is 0 Å². The average Bonchev–Trinajstić information content (AvgIpc) is 2.85. The quantitative estimate of drug-likeness (QED) is 0.755. The minimum atomic E-state index is -0.0245. The first-order valence-corrected chi connectivity index (χ1v) is 7.94. The van der Waals surface area contributed by atoms with Crippen LogP contribution in [0.4, 0.5) is 0 Å². The number of pyridine rings is 1. The van der Waals surface area contributed by atoms with Gasteiger partial charge in [-0.1, -0.05) is 18.2 Å². The topological polar surface area (TPSA) is 44.9 Å². The van der Waals surface area contributed by atoms with Gasteiger partial charge < -0.3 is 10.3 Å². The number of nitrogens with one attached hydrogen (secondary N) is 2. The zero-order valence-electron chi connectivity index (χ0n) is 10.7. The highest BCUT2D eigenvalue weighted by Gasteiger charge is 2.03. The lowest BCUT2D eigenvalue weighted by Crippen LogP contribution is -2.20. The number of hydrogen-bond acceptors (Lipinski definition) is 3. The monoisotopic (exact) mass is 348 g/mol. The van der Waals surface area contributed by atoms with Gasteiger partial charge >= 0.3 is 0 Å². The molecule has 0 aliphatic carbocycles. The van der Waals surface area contributed by atoms with Crippen LogP contribution in [-0.2, 0) is 13.1 Å². The molecule has 0 saturated heterocycles. The highest BCUT2D eigenvalue weighted by atomic mass is 79.9. The number of fused-ring (bicyclic) bond motifs is 1. The Morgan fingerprint density at radius 2 is 2.05 bits per heavy atom. The van der Waals surface area contributed by atoms with Crippen LogP contribution in [0.1, 0.15) is 10.4 Å². The second-order valence-electron chi connectivity index (χ2n) is 4.55. The Hall–Kier alpha value is -1.43. The molecule has 0 amide bonds. The maximum atomic E-state index is 12.0. The first-order chi connectivity index (χ1) is 9.72. The zero-order chi connectivity index (χ0) is 13.9. The summed E-state index contributed by atoms with van der Waals surface area (Å²) in [6.07, 6.45) is 0. The average molecular weight is 349 g/mol. The largest absolute Gasteiger partial charge is 0.322 e. The molecule has 0 spiro atoms. The van der Waals surface area contributed by atoms with Crippen LogP contribution in [0.2, 0.25) is 0 Å². The molecule has 0 atom stereocenters. The van der Waals surface area contributed by atoms with Crippen molar-refractivity contribution in [2.75, 3.05) is 0 Å². The van der Waals surface area contributed by atoms with Crippen LogP contribution in [0.3, 0.4) is 0 Å². The van der Waals surface area contributed by atoms with Gasteiger partial charge in [-0.05, 0) is 39.5 Å². The van der Waals surface area contributed by atoms with Crippen molar-refractivity contribution >= 4 is 38.2 Å². The summed E-state index contributed by atoms with van der Waals surface area (Å²) < 4.78 is 1.10. The van der Waals surface area contributed by atoms with Gasteiger partial charge in [-0.2, -0.15) is 0 Å². The summed E-state index contributed by atoms with van der Waals surface area (Å²) in [5.41, 5.74) is 1.62. The summed E-state index contributed by atoms with van der Waals surface area (Å²) in [6.45, 7) is 1.33. The number of benzene rings is 1. The van der Waals surface area contributed by atoms with Gasteiger partial charge in [0, 0.05) is 38.9 Å². The molecule has 0 bridgehead atoms. The van der Waals surface area contributed by atoms with E-state index in [1.807, 2.05) is 30.3 Å². The molecule has 2 aromatic heterocycles. The number of thiophene rings is 1. The fourth-order valence-electron chi connectivity index (χ4n) is 2.09. The van der Waals surface area contributed by atoms with Crippen LogP contribution in [-0.4, -0.2) is 4.98 Å². The molecule has 2 heterocycles. The van der Waals surface area contributed by atoms with Crippen molar-refractivity contribution < 1.29 is 0 Å². The van der Waals surface area contributed by atoms with E-state index in [2.05, 4.69) is 37.7 Å². The molecule has 0 unspecified atom stereocenters. The third-order valence-corrected chi connectivity index (χ3v) is 4.76. The lowest BCUT2D eigenvalue weighted by Gasteiger charge is -2.04. The molecule has 0 aliphatic rings. The summed E-state index contributed by atoms with van der Waals surface area (Å²) in [6, 6.07) is 11.8. The number of halogens is 1. The lowest BCUT2D eigenvalue weighted by molar-refractivity contribution is 0.696. The van der Waals surface area contributed by atoms with Gasteiger partial charge in [0.25, 0.3) is 5.56 Å². The number of aromatic amines is 1. The lowest BCUT2D eigenvalue weighted by atomic mass is 10.1. The van der Waals surface area contributed by atoms with Gasteiger partial charge in [-0.25, -0.2) is 0 Å². The van der Waals surface area contributed by atoms with E-state index >= 15 is 0 Å². The second-order valence-corrected chi connectivity index (χ2v) is 6.46. The molecular formula is C15H13BrN2OS. The van der Waals surface area contributed by atoms with Gasteiger partial charge in [0.2, 0.25) is 0 Å². The minimum Gasteiger partial charge on any atom is -0.322 e. The molecule has 3 aromatic rings. The molecule has 0 aliphatic heterocycles. The van der Waals surface area contributed by atoms with E-state index in [0.717, 1.165) is 27.5 Å². The Labute approximate surface area is 128 Å². The third-order valence-electron chi connectivity index (χ3n) is 3.07. The maximum Gasteiger partial charge on any atom is 0.252 e. The van der Waals surface area contributed by atoms with E-state index in [0.29, 0.717) is 6.54 Å². The van der Waals surface area contributed by atoms with Gasteiger partial charge in [-0.15, -0.1) is 11.3 Å². The predicted octanol–water partition coefficient (Wildman–Crippen LogP) is 3.64. The maximum absolute atomic E-state index is 12.0. The molecule has 1 aromatic carbocycles. The molecule has 0 radical (unpaired) electrons. The normalized spacial score (nSPS) is 11.1. The Balaban J connectivity index is 1.74. The first kappa shape index (κ1) is 13.5. The van der Waals surface area contributed by atoms with Crippen molar-refractivity contribution in [3.05, 3.63) is 67.0 Å². The van der Waals surface area contributed by atoms with Gasteiger partial charge in [0.1, 0.15) is 0 Å². The standard InChI is InChI=1S/C15H13BrN2OS/c16-12-6-13(20-9-12)8-17-7-11-5-10-3-1-2-4-14(10)18-15(11)19/h1-6,9,17H,7-8H2,(H,18,19). The SMILES string of the molecule is O=c1[nH]c2ccccc2cc1CNCc1cc(Br)cs1. The number of rotatable bonds is 4. The third kappa shape index (κ3) is 3.00. The summed E-state index contributed by atoms with van der Waals surface area (Å²) in [4.78, 5) is 16.1. The van der Waals surface area contributed by atoms with E-state index in [1.54, 1.807) is 11.3 Å². The van der Waals surface area contributed by atoms with E-state index in [1.165, 1.54) is 4.88 Å². The molecular weight excluding hydrogens is 336 g/mol. The van der Waals surface area contributed by atoms with Crippen LogP contribution in [0.25, 0.3) is 10.9 Å². The fourth-order valence-corrected chi connectivity index (χ4v) is 3.51. The van der Waals surface area contributed by atoms with Crippen LogP contribution < -0.4 is 10.9 Å². The van der Waals surface area contributed by atoms with Crippen molar-refractivity contribution in [2.45, 2.75) is 13.1 Å². The van der Waals surface area contributed by atoms with Crippen LogP contribution in [0, 0.1) is 0 Å². The molecule has 0 fully saturated rings. The first-order valence-electron chi connectivity index (χ1n) is 6.27. The molecule has 5 heteroatoms. The van der Waals surface area contributed by atoms with E-state index < -0.39 is 0 Å². The number of aromatic nitrogens is 1. The Bertz CT molecular complexity index is 794. The minimum absolute atomic E-state index is 0.0245. The summed E-state index contributed by atoms with van der Waals surface area (Å²) in [5, 5.41) is 6.42. The zero-order valence-corrected chi connectivity index (χ0v) is 13.1. The van der Waals surface area contributed by atoms with Crippen LogP contribution in [0.15, 0.2) is 51.0 Å². The number of H-pyrrole nitrogens is 1. The summed E-state index contributed by atoms with van der Waals surface area (Å²) in [5.74, 6) is 0. The fraction of sp³-hybridized carbons (Fsp3) is 0.133. The Morgan fingerprint density at radius 3 is 2.85 bits per heavy atom. The van der Waals surface area contributed by atoms with E-state index in [-0.39, 0.29) is 5.56 Å². The Kier molecular flexibility index (Phi) is 4.00. The van der Waals surface area contributed by atoms with E-state index in [4.69, 9.17) is 0 Å². The molecule has 102 valence electrons. The molecule has 3 nitrogen and oxygen atoms in total. The molecule has 20 heavy (non-hydrogen) atoms. The van der Waals surface area contributed by atoms with Crippen LogP contribution >= 0.6 is 27.3 Å². The molecule has 0 saturated carbocycles. The number of hydrogen-bond donors (Lipinski definition) is 2. The van der Waals surface area contributed by atoms with Crippen molar-refractivity contribution in [1.29, 1.82) is 0 Å². The van der Waals surface area contributed by atoms with Crippen LogP contribution in [0.5, 0.6) is 0 Å². The number of para-hydroxylation sites is 1. The van der Waals surface area contributed by atoms with Gasteiger partial charge in [-0.3, -0.25) is 4.79 Å². The second kappa shape index (κ2) is 5.91. The summed E-state index contributed by atoms with van der Waals surface area (Å²) in [7, 11) is 0. The van der Waals surface area contributed by atoms with Gasteiger partial charge in [0.05, 0.1) is 0 Å². The van der Waals surface area contributed by atoms with Crippen molar-refractivity contribution in [3.8, 4) is 0 Å². The molecule has 3 rings (SSSR count). The van der Waals surface area contributed by atoms with Crippen molar-refractivity contribution in [3.63, 3.8) is 0 Å². The molecule has 2 N–H and O–H groups in total. The van der Waals surface area contributed by atoms with Crippen molar-refractivity contribution in [1.82, 2.24) is 10.3 Å². The van der Waals surface area contributed by atoms with E-state index in [9.17, 15) is 4.79 Å². The highest BCUT2D eigenvalue weighted by Crippen LogP contribution is 2.19. The van der Waals surface area contributed by atoms with Gasteiger partial charge in [0.15, 0.2) is 0 Å². The highest BCUT2D eigenvalue weighted by molar-refractivity contribution is 9.10.